The Bertz CT molecular complexity index is 407. The van der Waals surface area contributed by atoms with Gasteiger partial charge in [0, 0.05) is 17.2 Å². The van der Waals surface area contributed by atoms with Crippen molar-refractivity contribution in [2.75, 3.05) is 27.8 Å². The maximum Gasteiger partial charge on any atom is 0.130 e. The number of hydrogen-bond donors (Lipinski definition) is 2. The molecule has 0 radical (unpaired) electrons. The van der Waals surface area contributed by atoms with E-state index in [1.807, 2.05) is 20.0 Å². The Labute approximate surface area is 116 Å². The van der Waals surface area contributed by atoms with Gasteiger partial charge in [-0.05, 0) is 38.9 Å². The van der Waals surface area contributed by atoms with Crippen LogP contribution in [0.25, 0.3) is 0 Å². The van der Waals surface area contributed by atoms with Gasteiger partial charge in [0.1, 0.15) is 11.5 Å². The number of benzene rings is 1. The molecule has 4 nitrogen and oxygen atoms in total. The van der Waals surface area contributed by atoms with Gasteiger partial charge in [0.05, 0.1) is 14.2 Å². The van der Waals surface area contributed by atoms with Crippen molar-refractivity contribution in [2.45, 2.75) is 26.3 Å². The van der Waals surface area contributed by atoms with E-state index in [4.69, 9.17) is 15.2 Å². The Morgan fingerprint density at radius 2 is 1.95 bits per heavy atom. The van der Waals surface area contributed by atoms with Crippen LogP contribution in [-0.4, -0.2) is 27.8 Å². The van der Waals surface area contributed by atoms with Crippen molar-refractivity contribution in [3.05, 3.63) is 23.3 Å². The molecule has 0 aliphatic carbocycles. The van der Waals surface area contributed by atoms with Gasteiger partial charge in [-0.25, -0.2) is 0 Å². The van der Waals surface area contributed by atoms with E-state index < -0.39 is 0 Å². The summed E-state index contributed by atoms with van der Waals surface area (Å²) in [5, 5.41) is 3.37. The summed E-state index contributed by atoms with van der Waals surface area (Å²) in [4.78, 5) is 0. The molecule has 2 atom stereocenters. The fourth-order valence-corrected chi connectivity index (χ4v) is 2.61. The van der Waals surface area contributed by atoms with Crippen molar-refractivity contribution in [3.8, 4) is 11.5 Å². The molecule has 2 unspecified atom stereocenters. The summed E-state index contributed by atoms with van der Waals surface area (Å²) in [6.07, 6.45) is 0.972. The predicted octanol–water partition coefficient (Wildman–Crippen LogP) is 2.26. The molecule has 0 heterocycles. The van der Waals surface area contributed by atoms with Gasteiger partial charge in [-0.1, -0.05) is 13.0 Å². The highest BCUT2D eigenvalue weighted by molar-refractivity contribution is 5.50. The summed E-state index contributed by atoms with van der Waals surface area (Å²) >= 11 is 0. The van der Waals surface area contributed by atoms with Gasteiger partial charge in [-0.2, -0.15) is 0 Å². The summed E-state index contributed by atoms with van der Waals surface area (Å²) < 4.78 is 10.9. The summed E-state index contributed by atoms with van der Waals surface area (Å²) in [6.45, 7) is 4.91. The van der Waals surface area contributed by atoms with Gasteiger partial charge in [0.25, 0.3) is 0 Å². The second-order valence-corrected chi connectivity index (χ2v) is 4.84. The van der Waals surface area contributed by atoms with Crippen LogP contribution in [-0.2, 0) is 0 Å². The minimum atomic E-state index is 0.225. The third-order valence-corrected chi connectivity index (χ3v) is 3.65. The van der Waals surface area contributed by atoms with Crippen molar-refractivity contribution < 1.29 is 9.47 Å². The van der Waals surface area contributed by atoms with Gasteiger partial charge < -0.3 is 20.5 Å². The molecular weight excluding hydrogens is 240 g/mol. The van der Waals surface area contributed by atoms with Crippen molar-refractivity contribution in [1.29, 1.82) is 0 Å². The lowest BCUT2D eigenvalue weighted by molar-refractivity contribution is 0.353. The van der Waals surface area contributed by atoms with Crippen LogP contribution < -0.4 is 20.5 Å². The zero-order chi connectivity index (χ0) is 14.4. The topological polar surface area (TPSA) is 56.5 Å². The Morgan fingerprint density at radius 3 is 2.42 bits per heavy atom. The molecule has 0 saturated heterocycles. The first-order chi connectivity index (χ1) is 9.10. The summed E-state index contributed by atoms with van der Waals surface area (Å²) in [5.41, 5.74) is 7.85. The minimum absolute atomic E-state index is 0.225. The van der Waals surface area contributed by atoms with Gasteiger partial charge in [-0.15, -0.1) is 0 Å². The van der Waals surface area contributed by atoms with Crippen LogP contribution in [0.2, 0.25) is 0 Å². The lowest BCUT2D eigenvalue weighted by Crippen LogP contribution is -2.26. The normalized spacial score (nSPS) is 14.0. The lowest BCUT2D eigenvalue weighted by Gasteiger charge is -2.26. The average molecular weight is 266 g/mol. The maximum atomic E-state index is 5.67. The van der Waals surface area contributed by atoms with Crippen molar-refractivity contribution in [2.24, 2.45) is 11.7 Å². The highest BCUT2D eigenvalue weighted by atomic mass is 16.5. The van der Waals surface area contributed by atoms with Crippen LogP contribution >= 0.6 is 0 Å². The Morgan fingerprint density at radius 1 is 1.26 bits per heavy atom. The second-order valence-electron chi connectivity index (χ2n) is 4.84. The number of nitrogens with one attached hydrogen (secondary N) is 1. The molecule has 1 aromatic rings. The van der Waals surface area contributed by atoms with Crippen LogP contribution in [0.1, 0.15) is 30.5 Å². The van der Waals surface area contributed by atoms with E-state index in [9.17, 15) is 0 Å². The SMILES string of the molecule is CNC(c1ccc(OC)c(C)c1OC)C(C)CCN. The molecule has 19 heavy (non-hydrogen) atoms. The quantitative estimate of drug-likeness (QED) is 0.795. The molecule has 4 heteroatoms. The molecular formula is C15H26N2O2. The van der Waals surface area contributed by atoms with Gasteiger partial charge >= 0.3 is 0 Å². The molecule has 0 aliphatic heterocycles. The van der Waals surface area contributed by atoms with Gasteiger partial charge in [-0.3, -0.25) is 0 Å². The highest BCUT2D eigenvalue weighted by Crippen LogP contribution is 2.37. The summed E-state index contributed by atoms with van der Waals surface area (Å²) in [5.74, 6) is 2.18. The summed E-state index contributed by atoms with van der Waals surface area (Å²) in [7, 11) is 5.34. The third-order valence-electron chi connectivity index (χ3n) is 3.65. The summed E-state index contributed by atoms with van der Waals surface area (Å²) in [6, 6.07) is 4.29. The van der Waals surface area contributed by atoms with E-state index in [2.05, 4.69) is 18.3 Å². The van der Waals surface area contributed by atoms with E-state index in [1.54, 1.807) is 14.2 Å². The number of hydrogen-bond acceptors (Lipinski definition) is 4. The number of ether oxygens (including phenoxy) is 2. The number of methoxy groups -OCH3 is 2. The first kappa shape index (κ1) is 15.8. The molecule has 0 saturated carbocycles. The largest absolute Gasteiger partial charge is 0.496 e. The molecule has 0 amide bonds. The second kappa shape index (κ2) is 7.36. The predicted molar refractivity (Wildman–Crippen MR) is 78.9 cm³/mol. The van der Waals surface area contributed by atoms with E-state index in [1.165, 1.54) is 0 Å². The molecule has 108 valence electrons. The van der Waals surface area contributed by atoms with Crippen molar-refractivity contribution in [1.82, 2.24) is 5.32 Å². The van der Waals surface area contributed by atoms with Crippen molar-refractivity contribution >= 4 is 0 Å². The van der Waals surface area contributed by atoms with Gasteiger partial charge in [0.15, 0.2) is 0 Å². The molecule has 0 aromatic heterocycles. The Balaban J connectivity index is 3.20. The smallest absolute Gasteiger partial charge is 0.130 e. The Kier molecular flexibility index (Phi) is 6.12. The van der Waals surface area contributed by atoms with E-state index in [0.29, 0.717) is 12.5 Å². The molecule has 0 spiro atoms. The van der Waals surface area contributed by atoms with Crippen LogP contribution in [0.3, 0.4) is 0 Å². The lowest BCUT2D eigenvalue weighted by atomic mass is 9.90. The molecule has 0 aliphatic rings. The zero-order valence-electron chi connectivity index (χ0n) is 12.6. The van der Waals surface area contributed by atoms with E-state index >= 15 is 0 Å². The van der Waals surface area contributed by atoms with E-state index in [-0.39, 0.29) is 6.04 Å². The fraction of sp³-hybridized carbons (Fsp3) is 0.600. The van der Waals surface area contributed by atoms with Crippen LogP contribution in [0, 0.1) is 12.8 Å². The van der Waals surface area contributed by atoms with Crippen LogP contribution in [0.15, 0.2) is 12.1 Å². The average Bonchev–Trinajstić information content (AvgIpc) is 2.40. The van der Waals surface area contributed by atoms with Crippen LogP contribution in [0.4, 0.5) is 0 Å². The molecule has 1 rings (SSSR count). The first-order valence-corrected chi connectivity index (χ1v) is 6.69. The van der Waals surface area contributed by atoms with Crippen LogP contribution in [0.5, 0.6) is 11.5 Å². The minimum Gasteiger partial charge on any atom is -0.496 e. The van der Waals surface area contributed by atoms with Gasteiger partial charge in [0.2, 0.25) is 0 Å². The number of rotatable bonds is 7. The monoisotopic (exact) mass is 266 g/mol. The third kappa shape index (κ3) is 3.39. The van der Waals surface area contributed by atoms with Crippen molar-refractivity contribution in [3.63, 3.8) is 0 Å². The molecule has 1 aromatic carbocycles. The zero-order valence-corrected chi connectivity index (χ0v) is 12.6. The maximum absolute atomic E-state index is 5.67. The molecule has 0 fully saturated rings. The Hall–Kier alpha value is -1.26. The highest BCUT2D eigenvalue weighted by Gasteiger charge is 2.22. The fourth-order valence-electron chi connectivity index (χ4n) is 2.61. The number of nitrogens with two attached hydrogens (primary N) is 1. The first-order valence-electron chi connectivity index (χ1n) is 6.69. The molecule has 0 bridgehead atoms. The van der Waals surface area contributed by atoms with E-state index in [0.717, 1.165) is 29.0 Å². The standard InChI is InChI=1S/C15H26N2O2/c1-10(8-9-16)14(17-3)12-6-7-13(18-4)11(2)15(12)19-5/h6-7,10,14,17H,8-9,16H2,1-5H3. The molecule has 3 N–H and O–H groups in total.